The van der Waals surface area contributed by atoms with Crippen molar-refractivity contribution in [3.05, 3.63) is 55.3 Å². The standard InChI is InChI=1S/C23H26BrClN2O/c1-6-11-17-18(9-4)26-19(10-5)20(21(17)25)23(28)27-22-14(7-2)12-16(24)13-15(22)8-3/h1,12-13H,7-11H2,2-5H3,(H,27,28). The number of terminal acetylenes is 1. The summed E-state index contributed by atoms with van der Waals surface area (Å²) in [7, 11) is 0. The van der Waals surface area contributed by atoms with Gasteiger partial charge in [0.25, 0.3) is 5.91 Å². The maximum Gasteiger partial charge on any atom is 0.259 e. The lowest BCUT2D eigenvalue weighted by Crippen LogP contribution is -2.20. The van der Waals surface area contributed by atoms with E-state index < -0.39 is 0 Å². The minimum Gasteiger partial charge on any atom is -0.321 e. The highest BCUT2D eigenvalue weighted by atomic mass is 79.9. The molecule has 0 unspecified atom stereocenters. The van der Waals surface area contributed by atoms with E-state index in [0.717, 1.165) is 51.8 Å². The number of hydrogen-bond donors (Lipinski definition) is 1. The SMILES string of the molecule is C#CCc1c(CC)nc(CC)c(C(=O)Nc2c(CC)cc(Br)cc2CC)c1Cl. The maximum atomic E-state index is 13.3. The van der Waals surface area contributed by atoms with Gasteiger partial charge in [0, 0.05) is 27.8 Å². The Labute approximate surface area is 181 Å². The second kappa shape index (κ2) is 10.1. The minimum absolute atomic E-state index is 0.234. The molecule has 0 aliphatic carbocycles. The lowest BCUT2D eigenvalue weighted by molar-refractivity contribution is 0.102. The summed E-state index contributed by atoms with van der Waals surface area (Å²) in [4.78, 5) is 18.0. The first-order valence-electron chi connectivity index (χ1n) is 9.67. The van der Waals surface area contributed by atoms with E-state index in [2.05, 4.69) is 41.0 Å². The van der Waals surface area contributed by atoms with Crippen molar-refractivity contribution in [2.45, 2.75) is 59.8 Å². The smallest absolute Gasteiger partial charge is 0.259 e. The van der Waals surface area contributed by atoms with Crippen molar-refractivity contribution in [3.8, 4) is 12.3 Å². The summed E-state index contributed by atoms with van der Waals surface area (Å²) in [6.45, 7) is 8.14. The summed E-state index contributed by atoms with van der Waals surface area (Å²) in [5, 5.41) is 3.53. The predicted molar refractivity (Wildman–Crippen MR) is 121 cm³/mol. The number of amides is 1. The van der Waals surface area contributed by atoms with Crippen molar-refractivity contribution in [1.82, 2.24) is 4.98 Å². The molecule has 28 heavy (non-hydrogen) atoms. The van der Waals surface area contributed by atoms with E-state index in [1.54, 1.807) is 0 Å². The highest BCUT2D eigenvalue weighted by Crippen LogP contribution is 2.31. The number of hydrogen-bond acceptors (Lipinski definition) is 2. The number of anilines is 1. The summed E-state index contributed by atoms with van der Waals surface area (Å²) in [6.07, 6.45) is 8.84. The van der Waals surface area contributed by atoms with Gasteiger partial charge >= 0.3 is 0 Å². The zero-order valence-electron chi connectivity index (χ0n) is 16.9. The van der Waals surface area contributed by atoms with Crippen LogP contribution in [0.25, 0.3) is 0 Å². The van der Waals surface area contributed by atoms with E-state index in [4.69, 9.17) is 23.0 Å². The molecule has 2 aromatic rings. The quantitative estimate of drug-likeness (QED) is 0.501. The van der Waals surface area contributed by atoms with Crippen LogP contribution in [0.2, 0.25) is 5.02 Å². The largest absolute Gasteiger partial charge is 0.321 e. The number of carbonyl (C=O) groups is 1. The summed E-state index contributed by atoms with van der Waals surface area (Å²) < 4.78 is 1.01. The summed E-state index contributed by atoms with van der Waals surface area (Å²) >= 11 is 10.2. The fraction of sp³-hybridized carbons (Fsp3) is 0.391. The molecule has 0 saturated carbocycles. The van der Waals surface area contributed by atoms with Gasteiger partial charge < -0.3 is 5.32 Å². The highest BCUT2D eigenvalue weighted by molar-refractivity contribution is 9.10. The van der Waals surface area contributed by atoms with Gasteiger partial charge in [-0.1, -0.05) is 55.2 Å². The predicted octanol–water partition coefficient (Wildman–Crippen LogP) is 6.18. The third-order valence-electron chi connectivity index (χ3n) is 4.83. The van der Waals surface area contributed by atoms with Crippen molar-refractivity contribution in [3.63, 3.8) is 0 Å². The molecule has 5 heteroatoms. The van der Waals surface area contributed by atoms with Gasteiger partial charge in [0.15, 0.2) is 0 Å². The molecule has 0 radical (unpaired) electrons. The number of halogens is 2. The van der Waals surface area contributed by atoms with Gasteiger partial charge in [0.2, 0.25) is 0 Å². The van der Waals surface area contributed by atoms with E-state index in [1.807, 2.05) is 26.0 Å². The molecule has 3 nitrogen and oxygen atoms in total. The van der Waals surface area contributed by atoms with Crippen molar-refractivity contribution in [2.75, 3.05) is 5.32 Å². The van der Waals surface area contributed by atoms with Crippen molar-refractivity contribution in [1.29, 1.82) is 0 Å². The molecule has 0 saturated heterocycles. The van der Waals surface area contributed by atoms with Crippen molar-refractivity contribution >= 4 is 39.1 Å². The third kappa shape index (κ3) is 4.59. The second-order valence-electron chi connectivity index (χ2n) is 6.52. The Morgan fingerprint density at radius 2 is 1.68 bits per heavy atom. The molecular weight excluding hydrogens is 436 g/mol. The molecule has 1 amide bonds. The van der Waals surface area contributed by atoms with Crippen LogP contribution in [-0.2, 0) is 32.1 Å². The monoisotopic (exact) mass is 460 g/mol. The molecule has 2 rings (SSSR count). The van der Waals surface area contributed by atoms with E-state index in [0.29, 0.717) is 29.1 Å². The molecular formula is C23H26BrClN2O. The number of pyridine rings is 1. The van der Waals surface area contributed by atoms with Crippen LogP contribution in [0.1, 0.15) is 66.1 Å². The minimum atomic E-state index is -0.234. The van der Waals surface area contributed by atoms with Gasteiger partial charge in [0.05, 0.1) is 16.3 Å². The molecule has 0 atom stereocenters. The van der Waals surface area contributed by atoms with Gasteiger partial charge in [-0.2, -0.15) is 0 Å². The van der Waals surface area contributed by atoms with E-state index in [-0.39, 0.29) is 5.91 Å². The van der Waals surface area contributed by atoms with Crippen molar-refractivity contribution in [2.24, 2.45) is 0 Å². The van der Waals surface area contributed by atoms with Gasteiger partial charge in [-0.05, 0) is 48.9 Å². The van der Waals surface area contributed by atoms with E-state index in [1.165, 1.54) is 0 Å². The molecule has 1 aromatic carbocycles. The van der Waals surface area contributed by atoms with Crippen molar-refractivity contribution < 1.29 is 4.79 Å². The Balaban J connectivity index is 2.59. The number of benzene rings is 1. The van der Waals surface area contributed by atoms with Crippen LogP contribution in [0.3, 0.4) is 0 Å². The van der Waals surface area contributed by atoms with Gasteiger partial charge in [-0.25, -0.2) is 0 Å². The molecule has 0 spiro atoms. The van der Waals surface area contributed by atoms with Gasteiger partial charge in [0.1, 0.15) is 0 Å². The fourth-order valence-corrected chi connectivity index (χ4v) is 4.29. The van der Waals surface area contributed by atoms with Crippen LogP contribution in [0.4, 0.5) is 5.69 Å². The number of aryl methyl sites for hydroxylation is 4. The van der Waals surface area contributed by atoms with Gasteiger partial charge in [-0.15, -0.1) is 12.3 Å². The first kappa shape index (κ1) is 22.5. The Morgan fingerprint density at radius 1 is 1.11 bits per heavy atom. The first-order chi connectivity index (χ1) is 13.4. The summed E-state index contributed by atoms with van der Waals surface area (Å²) in [5.41, 5.74) is 5.78. The van der Waals surface area contributed by atoms with Crippen LogP contribution >= 0.6 is 27.5 Å². The Bertz CT molecular complexity index is 906. The van der Waals surface area contributed by atoms with Crippen LogP contribution in [0, 0.1) is 12.3 Å². The van der Waals surface area contributed by atoms with E-state index >= 15 is 0 Å². The average Bonchev–Trinajstić information content (AvgIpc) is 2.69. The van der Waals surface area contributed by atoms with E-state index in [9.17, 15) is 4.79 Å². The third-order valence-corrected chi connectivity index (χ3v) is 5.71. The summed E-state index contributed by atoms with van der Waals surface area (Å²) in [5.74, 6) is 2.40. The number of rotatable bonds is 7. The van der Waals surface area contributed by atoms with Crippen LogP contribution < -0.4 is 5.32 Å². The second-order valence-corrected chi connectivity index (χ2v) is 7.81. The maximum absolute atomic E-state index is 13.3. The highest BCUT2D eigenvalue weighted by Gasteiger charge is 2.23. The molecule has 1 heterocycles. The zero-order valence-corrected chi connectivity index (χ0v) is 19.2. The molecule has 1 aromatic heterocycles. The molecule has 148 valence electrons. The summed E-state index contributed by atoms with van der Waals surface area (Å²) in [6, 6.07) is 4.08. The molecule has 1 N–H and O–H groups in total. The lowest BCUT2D eigenvalue weighted by Gasteiger charge is -2.19. The zero-order chi connectivity index (χ0) is 20.8. The molecule has 0 fully saturated rings. The average molecular weight is 462 g/mol. The molecule has 0 aliphatic rings. The Kier molecular flexibility index (Phi) is 8.10. The van der Waals surface area contributed by atoms with Crippen LogP contribution in [-0.4, -0.2) is 10.9 Å². The first-order valence-corrected chi connectivity index (χ1v) is 10.8. The van der Waals surface area contributed by atoms with Crippen LogP contribution in [0.5, 0.6) is 0 Å². The number of carbonyl (C=O) groups excluding carboxylic acids is 1. The Hall–Kier alpha value is -1.83. The molecule has 0 aliphatic heterocycles. The topological polar surface area (TPSA) is 42.0 Å². The Morgan fingerprint density at radius 3 is 2.14 bits per heavy atom. The normalized spacial score (nSPS) is 10.6. The van der Waals surface area contributed by atoms with Crippen LogP contribution in [0.15, 0.2) is 16.6 Å². The number of aromatic nitrogens is 1. The fourth-order valence-electron chi connectivity index (χ4n) is 3.37. The number of nitrogens with one attached hydrogen (secondary N) is 1. The molecule has 0 bridgehead atoms. The van der Waals surface area contributed by atoms with Gasteiger partial charge in [-0.3, -0.25) is 9.78 Å². The lowest BCUT2D eigenvalue weighted by atomic mass is 10.00. The number of nitrogens with zero attached hydrogens (tertiary/aromatic N) is 1.